The number of aromatic nitrogens is 2. The number of rotatable bonds is 4. The van der Waals surface area contributed by atoms with Gasteiger partial charge in [-0.3, -0.25) is 19.4 Å². The average Bonchev–Trinajstić information content (AvgIpc) is 3.23. The van der Waals surface area contributed by atoms with E-state index in [4.69, 9.17) is 4.99 Å². The van der Waals surface area contributed by atoms with Crippen LogP contribution in [0.4, 0.5) is 4.79 Å². The molecule has 0 spiro atoms. The Bertz CT molecular complexity index is 1160. The molecule has 2 aromatic rings. The van der Waals surface area contributed by atoms with Gasteiger partial charge in [0.2, 0.25) is 11.9 Å². The molecule has 3 heterocycles. The fourth-order valence-electron chi connectivity index (χ4n) is 3.90. The topological polar surface area (TPSA) is 90.9 Å². The van der Waals surface area contributed by atoms with Gasteiger partial charge in [0, 0.05) is 12.6 Å². The molecule has 2 aliphatic heterocycles. The molecule has 2 aliphatic rings. The smallest absolute Gasteiger partial charge is 0.298 e. The second-order valence-corrected chi connectivity index (χ2v) is 7.96. The van der Waals surface area contributed by atoms with Crippen molar-refractivity contribution in [1.29, 1.82) is 0 Å². The number of aryl methyl sites for hydroxylation is 1. The standard InChI is InChI=1S/C22H25N6O3/c1-13(29)11-27-20(30)18-19(25(5)22(27)31)23-21(28-16(4)14(2)15(3)24-28)26(18)12-17-9-7-6-8-10-17/h6-10,18H,11-12H2,1-5H3/q+1. The fourth-order valence-corrected chi connectivity index (χ4v) is 3.90. The van der Waals surface area contributed by atoms with Crippen LogP contribution < -0.4 is 0 Å². The monoisotopic (exact) mass is 421 g/mol. The highest BCUT2D eigenvalue weighted by Crippen LogP contribution is 2.23. The van der Waals surface area contributed by atoms with E-state index in [1.807, 2.05) is 55.7 Å². The van der Waals surface area contributed by atoms with Crippen LogP contribution in [0, 0.1) is 20.8 Å². The number of benzene rings is 1. The van der Waals surface area contributed by atoms with Crippen LogP contribution in [-0.4, -0.2) is 73.3 Å². The fraction of sp³-hybridized carbons (Fsp3) is 0.364. The molecular formula is C22H25N6O3+. The Kier molecular flexibility index (Phi) is 5.04. The number of Topliss-reactive ketones (excluding diaryl/α,β-unsaturated/α-hetero) is 1. The van der Waals surface area contributed by atoms with Gasteiger partial charge in [-0.1, -0.05) is 35.3 Å². The Hall–Kier alpha value is -3.62. The Morgan fingerprint density at radius 1 is 1.13 bits per heavy atom. The number of fused-ring (bicyclic) bond motifs is 1. The van der Waals surface area contributed by atoms with Gasteiger partial charge in [0.05, 0.1) is 18.8 Å². The summed E-state index contributed by atoms with van der Waals surface area (Å²) in [7, 11) is 1.57. The molecule has 1 aromatic heterocycles. The highest BCUT2D eigenvalue weighted by atomic mass is 16.2. The van der Waals surface area contributed by atoms with Gasteiger partial charge >= 0.3 is 12.0 Å². The lowest BCUT2D eigenvalue weighted by molar-refractivity contribution is -0.553. The molecule has 1 saturated heterocycles. The molecule has 3 amide bonds. The van der Waals surface area contributed by atoms with Crippen LogP contribution in [0.15, 0.2) is 35.3 Å². The van der Waals surface area contributed by atoms with Crippen molar-refractivity contribution in [3.8, 4) is 0 Å². The van der Waals surface area contributed by atoms with Gasteiger partial charge in [0.25, 0.3) is 5.91 Å². The number of imide groups is 1. The normalized spacial score (nSPS) is 18.6. The van der Waals surface area contributed by atoms with E-state index in [1.54, 1.807) is 11.7 Å². The van der Waals surface area contributed by atoms with E-state index in [2.05, 4.69) is 5.10 Å². The number of aliphatic imine (C=N–C) groups is 1. The molecule has 1 fully saturated rings. The first-order valence-electron chi connectivity index (χ1n) is 10.1. The van der Waals surface area contributed by atoms with Crippen LogP contribution >= 0.6 is 0 Å². The van der Waals surface area contributed by atoms with E-state index in [0.29, 0.717) is 18.3 Å². The van der Waals surface area contributed by atoms with E-state index in [0.717, 1.165) is 27.4 Å². The van der Waals surface area contributed by atoms with Crippen molar-refractivity contribution >= 4 is 29.5 Å². The number of hydrogen-bond donors (Lipinski definition) is 0. The Labute approximate surface area is 180 Å². The molecule has 9 nitrogen and oxygen atoms in total. The van der Waals surface area contributed by atoms with Crippen molar-refractivity contribution in [2.45, 2.75) is 40.3 Å². The minimum absolute atomic E-state index is 0.263. The number of amides is 3. The predicted molar refractivity (Wildman–Crippen MR) is 114 cm³/mol. The molecule has 1 unspecified atom stereocenters. The molecule has 160 valence electrons. The van der Waals surface area contributed by atoms with Gasteiger partial charge in [-0.25, -0.2) is 9.37 Å². The van der Waals surface area contributed by atoms with Gasteiger partial charge < -0.3 is 0 Å². The number of urea groups is 1. The highest BCUT2D eigenvalue weighted by Gasteiger charge is 2.53. The average molecular weight is 421 g/mol. The van der Waals surface area contributed by atoms with Crippen LogP contribution in [0.25, 0.3) is 0 Å². The molecule has 0 N–H and O–H groups in total. The maximum atomic E-state index is 13.4. The zero-order valence-corrected chi connectivity index (χ0v) is 18.3. The summed E-state index contributed by atoms with van der Waals surface area (Å²) in [6, 6.07) is 8.36. The van der Waals surface area contributed by atoms with Gasteiger partial charge in [-0.05, 0) is 33.3 Å². The molecule has 0 aliphatic carbocycles. The van der Waals surface area contributed by atoms with Crippen LogP contribution in [-0.2, 0) is 16.1 Å². The van der Waals surface area contributed by atoms with Gasteiger partial charge in [-0.15, -0.1) is 9.78 Å². The third-order valence-corrected chi connectivity index (χ3v) is 5.81. The number of amidine groups is 1. The van der Waals surface area contributed by atoms with Crippen molar-refractivity contribution in [3.63, 3.8) is 0 Å². The largest absolute Gasteiger partial charge is 0.421 e. The minimum atomic E-state index is -0.818. The van der Waals surface area contributed by atoms with Crippen molar-refractivity contribution < 1.29 is 19.0 Å². The molecule has 31 heavy (non-hydrogen) atoms. The SMILES string of the molecule is CC(=O)CN1C(=O)C2C(=NC(n3nc(C)c(C)c3C)=[N+]2Cc2ccccc2)N(C)C1=O. The first-order valence-corrected chi connectivity index (χ1v) is 10.1. The van der Waals surface area contributed by atoms with E-state index < -0.39 is 18.0 Å². The van der Waals surface area contributed by atoms with Crippen LogP contribution in [0.2, 0.25) is 0 Å². The number of carbonyl (C=O) groups is 3. The molecule has 1 atom stereocenters. The maximum absolute atomic E-state index is 13.4. The van der Waals surface area contributed by atoms with E-state index in [1.165, 1.54) is 11.8 Å². The van der Waals surface area contributed by atoms with Gasteiger partial charge in [0.15, 0.2) is 0 Å². The summed E-state index contributed by atoms with van der Waals surface area (Å²) < 4.78 is 3.57. The number of carbonyl (C=O) groups excluding carboxylic acids is 3. The summed E-state index contributed by atoms with van der Waals surface area (Å²) in [6.45, 7) is 7.35. The molecule has 0 bridgehead atoms. The Balaban J connectivity index is 1.88. The molecule has 9 heteroatoms. The van der Waals surface area contributed by atoms with Crippen LogP contribution in [0.5, 0.6) is 0 Å². The lowest BCUT2D eigenvalue weighted by atomic mass is 10.1. The summed E-state index contributed by atoms with van der Waals surface area (Å²) in [6.07, 6.45) is 0. The highest BCUT2D eigenvalue weighted by molar-refractivity contribution is 6.23. The summed E-state index contributed by atoms with van der Waals surface area (Å²) >= 11 is 0. The quantitative estimate of drug-likeness (QED) is 0.700. The number of nitrogens with zero attached hydrogens (tertiary/aromatic N) is 6. The molecular weight excluding hydrogens is 396 g/mol. The first-order chi connectivity index (χ1) is 14.7. The molecule has 0 radical (unpaired) electrons. The van der Waals surface area contributed by atoms with Crippen LogP contribution in [0.1, 0.15) is 29.4 Å². The van der Waals surface area contributed by atoms with Crippen molar-refractivity contribution in [2.24, 2.45) is 4.99 Å². The van der Waals surface area contributed by atoms with Gasteiger partial charge in [0.1, 0.15) is 11.5 Å². The molecule has 1 aromatic carbocycles. The summed E-state index contributed by atoms with van der Waals surface area (Å²) in [5.41, 5.74) is 3.81. The van der Waals surface area contributed by atoms with Crippen molar-refractivity contribution in [2.75, 3.05) is 13.6 Å². The van der Waals surface area contributed by atoms with Crippen LogP contribution in [0.3, 0.4) is 0 Å². The zero-order chi connectivity index (χ0) is 22.4. The van der Waals surface area contributed by atoms with E-state index >= 15 is 0 Å². The van der Waals surface area contributed by atoms with Gasteiger partial charge in [-0.2, -0.15) is 0 Å². The van der Waals surface area contributed by atoms with Crippen molar-refractivity contribution in [1.82, 2.24) is 19.6 Å². The summed E-state index contributed by atoms with van der Waals surface area (Å²) in [5, 5.41) is 4.63. The first kappa shape index (κ1) is 20.6. The summed E-state index contributed by atoms with van der Waals surface area (Å²) in [5.74, 6) is 0.101. The second kappa shape index (κ2) is 7.57. The third-order valence-electron chi connectivity index (χ3n) is 5.81. The number of hydrogen-bond acceptors (Lipinski definition) is 5. The molecule has 4 rings (SSSR count). The number of likely N-dealkylation sites (N-methyl/N-ethyl adjacent to an activating group) is 1. The van der Waals surface area contributed by atoms with E-state index in [9.17, 15) is 14.4 Å². The number of ketones is 1. The Morgan fingerprint density at radius 2 is 1.81 bits per heavy atom. The lowest BCUT2D eigenvalue weighted by Crippen LogP contribution is -2.63. The zero-order valence-electron chi connectivity index (χ0n) is 18.3. The minimum Gasteiger partial charge on any atom is -0.298 e. The predicted octanol–water partition coefficient (Wildman–Crippen LogP) is 1.49. The van der Waals surface area contributed by atoms with Crippen molar-refractivity contribution in [3.05, 3.63) is 52.8 Å². The second-order valence-electron chi connectivity index (χ2n) is 7.96. The van der Waals surface area contributed by atoms with E-state index in [-0.39, 0.29) is 12.3 Å². The lowest BCUT2D eigenvalue weighted by Gasteiger charge is -2.33. The third kappa shape index (κ3) is 3.35. The molecule has 0 saturated carbocycles. The Morgan fingerprint density at radius 3 is 2.39 bits per heavy atom. The summed E-state index contributed by atoms with van der Waals surface area (Å²) in [4.78, 5) is 45.0. The maximum Gasteiger partial charge on any atom is 0.421 e.